The minimum absolute atomic E-state index is 0.0358. The summed E-state index contributed by atoms with van der Waals surface area (Å²) in [6.07, 6.45) is 0. The van der Waals surface area contributed by atoms with E-state index in [0.717, 1.165) is 0 Å². The molecule has 7 heteroatoms. The third-order valence-electron chi connectivity index (χ3n) is 2.67. The highest BCUT2D eigenvalue weighted by Gasteiger charge is 2.32. The molecule has 2 rings (SSSR count). The number of amides is 1. The summed E-state index contributed by atoms with van der Waals surface area (Å²) in [5.74, 6) is -0.259. The van der Waals surface area contributed by atoms with Gasteiger partial charge in [-0.25, -0.2) is 8.42 Å². The van der Waals surface area contributed by atoms with Crippen molar-refractivity contribution in [2.24, 2.45) is 5.73 Å². The number of rotatable bonds is 3. The van der Waals surface area contributed by atoms with E-state index in [9.17, 15) is 13.2 Å². The number of carbonyl (C=O) groups excluding carboxylic acids is 1. The van der Waals surface area contributed by atoms with Crippen LogP contribution in [0.4, 0.5) is 0 Å². The van der Waals surface area contributed by atoms with Gasteiger partial charge in [-0.15, -0.1) is 0 Å². The molecule has 1 atom stereocenters. The molecule has 0 bridgehead atoms. The molecule has 1 aromatic rings. The number of carbonyl (C=O) groups is 1. The van der Waals surface area contributed by atoms with Crippen molar-refractivity contribution < 1.29 is 22.7 Å². The molecule has 1 aromatic carbocycles. The molecular weight excluding hydrogens is 258 g/mol. The van der Waals surface area contributed by atoms with Crippen LogP contribution in [0.15, 0.2) is 18.2 Å². The van der Waals surface area contributed by atoms with Gasteiger partial charge >= 0.3 is 0 Å². The molecule has 1 heterocycles. The second-order valence-corrected chi connectivity index (χ2v) is 6.24. The molecule has 1 unspecified atom stereocenters. The summed E-state index contributed by atoms with van der Waals surface area (Å²) in [4.78, 5) is 11.2. The van der Waals surface area contributed by atoms with Crippen molar-refractivity contribution in [3.8, 4) is 11.5 Å². The molecule has 0 saturated carbocycles. The van der Waals surface area contributed by atoms with Crippen LogP contribution in [0.25, 0.3) is 0 Å². The Morgan fingerprint density at radius 3 is 2.83 bits per heavy atom. The zero-order valence-corrected chi connectivity index (χ0v) is 10.6. The Labute approximate surface area is 105 Å². The number of nitrogens with two attached hydrogens (primary N) is 1. The van der Waals surface area contributed by atoms with Gasteiger partial charge < -0.3 is 15.2 Å². The summed E-state index contributed by atoms with van der Waals surface area (Å²) in [6.45, 7) is 1.39. The molecule has 0 saturated heterocycles. The van der Waals surface area contributed by atoms with E-state index in [0.29, 0.717) is 0 Å². The molecular formula is C11H13NO5S. The third-order valence-corrected chi connectivity index (χ3v) is 4.51. The van der Waals surface area contributed by atoms with Crippen molar-refractivity contribution in [3.05, 3.63) is 23.8 Å². The lowest BCUT2D eigenvalue weighted by Crippen LogP contribution is -2.38. The molecule has 6 nitrogen and oxygen atoms in total. The molecule has 1 aliphatic heterocycles. The Morgan fingerprint density at radius 1 is 1.50 bits per heavy atom. The van der Waals surface area contributed by atoms with Gasteiger partial charge in [0.2, 0.25) is 5.44 Å². The van der Waals surface area contributed by atoms with Crippen LogP contribution in [0.1, 0.15) is 17.3 Å². The van der Waals surface area contributed by atoms with Gasteiger partial charge in [-0.1, -0.05) is 13.0 Å². The molecule has 0 aliphatic carbocycles. The third kappa shape index (κ3) is 2.13. The van der Waals surface area contributed by atoms with Crippen LogP contribution in [0, 0.1) is 0 Å². The smallest absolute Gasteiger partial charge is 0.252 e. The van der Waals surface area contributed by atoms with E-state index >= 15 is 0 Å². The highest BCUT2D eigenvalue weighted by Crippen LogP contribution is 2.35. The molecule has 0 fully saturated rings. The first-order valence-corrected chi connectivity index (χ1v) is 7.11. The number of hydrogen-bond donors (Lipinski definition) is 1. The highest BCUT2D eigenvalue weighted by molar-refractivity contribution is 7.91. The summed E-state index contributed by atoms with van der Waals surface area (Å²) < 4.78 is 34.0. The average Bonchev–Trinajstić information content (AvgIpc) is 2.37. The van der Waals surface area contributed by atoms with Crippen LogP contribution < -0.4 is 15.2 Å². The van der Waals surface area contributed by atoms with E-state index in [1.54, 1.807) is 12.1 Å². The lowest BCUT2D eigenvalue weighted by Gasteiger charge is -2.26. The van der Waals surface area contributed by atoms with Gasteiger partial charge in [-0.05, 0) is 12.1 Å². The van der Waals surface area contributed by atoms with Gasteiger partial charge in [0.05, 0.1) is 11.3 Å². The van der Waals surface area contributed by atoms with E-state index in [1.807, 2.05) is 0 Å². The van der Waals surface area contributed by atoms with Gasteiger partial charge in [0.25, 0.3) is 5.91 Å². The Morgan fingerprint density at radius 2 is 2.22 bits per heavy atom. The number of ether oxygens (including phenoxy) is 2. The van der Waals surface area contributed by atoms with Crippen LogP contribution in [0.2, 0.25) is 0 Å². The fourth-order valence-corrected chi connectivity index (χ4v) is 2.54. The number of benzene rings is 1. The van der Waals surface area contributed by atoms with Crippen molar-refractivity contribution in [2.75, 3.05) is 12.4 Å². The van der Waals surface area contributed by atoms with Gasteiger partial charge in [-0.3, -0.25) is 4.79 Å². The van der Waals surface area contributed by atoms with Crippen molar-refractivity contribution in [1.82, 2.24) is 0 Å². The summed E-state index contributed by atoms with van der Waals surface area (Å²) in [5, 5.41) is 0. The van der Waals surface area contributed by atoms with Crippen LogP contribution in [-0.4, -0.2) is 32.1 Å². The fourth-order valence-electron chi connectivity index (χ4n) is 1.64. The SMILES string of the molecule is CCS(=O)(=O)C1COc2c(cccc2C(N)=O)O1. The minimum atomic E-state index is -3.36. The highest BCUT2D eigenvalue weighted by atomic mass is 32.2. The normalized spacial score (nSPS) is 18.4. The maximum Gasteiger partial charge on any atom is 0.252 e. The van der Waals surface area contributed by atoms with E-state index in [2.05, 4.69) is 0 Å². The van der Waals surface area contributed by atoms with Gasteiger partial charge in [0.1, 0.15) is 6.61 Å². The van der Waals surface area contributed by atoms with Crippen LogP contribution in [0.5, 0.6) is 11.5 Å². The van der Waals surface area contributed by atoms with Gasteiger partial charge in [0.15, 0.2) is 21.3 Å². The summed E-state index contributed by atoms with van der Waals surface area (Å²) in [6, 6.07) is 4.60. The predicted molar refractivity (Wildman–Crippen MR) is 64.3 cm³/mol. The van der Waals surface area contributed by atoms with Crippen molar-refractivity contribution in [2.45, 2.75) is 12.4 Å². The zero-order valence-electron chi connectivity index (χ0n) is 9.75. The van der Waals surface area contributed by atoms with Crippen molar-refractivity contribution in [3.63, 3.8) is 0 Å². The molecule has 0 spiro atoms. The number of sulfone groups is 1. The Kier molecular flexibility index (Phi) is 3.16. The maximum absolute atomic E-state index is 11.7. The Hall–Kier alpha value is -1.76. The first-order chi connectivity index (χ1) is 8.45. The number of hydrogen-bond acceptors (Lipinski definition) is 5. The van der Waals surface area contributed by atoms with Crippen molar-refractivity contribution >= 4 is 15.7 Å². The quantitative estimate of drug-likeness (QED) is 0.854. The minimum Gasteiger partial charge on any atom is -0.484 e. The summed E-state index contributed by atoms with van der Waals surface area (Å²) in [7, 11) is -3.36. The van der Waals surface area contributed by atoms with E-state index in [1.165, 1.54) is 13.0 Å². The van der Waals surface area contributed by atoms with Crippen LogP contribution >= 0.6 is 0 Å². The molecule has 1 amide bonds. The average molecular weight is 271 g/mol. The molecule has 0 aromatic heterocycles. The van der Waals surface area contributed by atoms with Gasteiger partial charge in [-0.2, -0.15) is 0 Å². The fraction of sp³-hybridized carbons (Fsp3) is 0.364. The Bertz CT molecular complexity index is 581. The first-order valence-electron chi connectivity index (χ1n) is 5.39. The lowest BCUT2D eigenvalue weighted by molar-refractivity contribution is 0.0983. The van der Waals surface area contributed by atoms with Crippen LogP contribution in [0.3, 0.4) is 0 Å². The van der Waals surface area contributed by atoms with E-state index in [-0.39, 0.29) is 29.4 Å². The molecule has 1 aliphatic rings. The first kappa shape index (κ1) is 12.7. The summed E-state index contributed by atoms with van der Waals surface area (Å²) >= 11 is 0. The maximum atomic E-state index is 11.7. The standard InChI is InChI=1S/C11H13NO5S/c1-2-18(14,15)9-6-16-10-7(11(12)13)4-3-5-8(10)17-9/h3-5,9H,2,6H2,1H3,(H2,12,13). The monoisotopic (exact) mass is 271 g/mol. The second-order valence-electron chi connectivity index (χ2n) is 3.81. The van der Waals surface area contributed by atoms with E-state index < -0.39 is 21.2 Å². The van der Waals surface area contributed by atoms with Gasteiger partial charge in [0, 0.05) is 0 Å². The molecule has 18 heavy (non-hydrogen) atoms. The molecule has 98 valence electrons. The van der Waals surface area contributed by atoms with Crippen molar-refractivity contribution in [1.29, 1.82) is 0 Å². The molecule has 0 radical (unpaired) electrons. The number of para-hydroxylation sites is 1. The lowest BCUT2D eigenvalue weighted by atomic mass is 10.1. The number of primary amides is 1. The molecule has 2 N–H and O–H groups in total. The topological polar surface area (TPSA) is 95.7 Å². The predicted octanol–water partition coefficient (Wildman–Crippen LogP) is 0.318. The number of fused-ring (bicyclic) bond motifs is 1. The van der Waals surface area contributed by atoms with E-state index in [4.69, 9.17) is 15.2 Å². The largest absolute Gasteiger partial charge is 0.484 e. The van der Waals surface area contributed by atoms with Crippen LogP contribution in [-0.2, 0) is 9.84 Å². The second kappa shape index (κ2) is 4.49. The Balaban J connectivity index is 2.37. The zero-order chi connectivity index (χ0) is 13.3. The summed E-state index contributed by atoms with van der Waals surface area (Å²) in [5.41, 5.74) is 4.33.